The monoisotopic (exact) mass is 462 g/mol. The number of unbranched alkanes of at least 4 members (excludes halogenated alkanes) is 18. The van der Waals surface area contributed by atoms with Gasteiger partial charge in [-0.1, -0.05) is 103 Å². The number of aliphatic hydroxyl groups is 4. The molecule has 5 nitrogen and oxygen atoms in total. The van der Waals surface area contributed by atoms with E-state index in [2.05, 4.69) is 0 Å². The average Bonchev–Trinajstić information content (AvgIpc) is 2.80. The van der Waals surface area contributed by atoms with Crippen molar-refractivity contribution in [3.63, 3.8) is 0 Å². The quantitative estimate of drug-likeness (QED) is 0.122. The normalized spacial score (nSPS) is 11.9. The van der Waals surface area contributed by atoms with Crippen molar-refractivity contribution in [3.8, 4) is 0 Å². The maximum absolute atomic E-state index is 8.72. The molecule has 32 heavy (non-hydrogen) atoms. The number of rotatable bonds is 25. The van der Waals surface area contributed by atoms with E-state index in [-0.39, 0.29) is 6.61 Å². The summed E-state index contributed by atoms with van der Waals surface area (Å²) < 4.78 is 5.76. The lowest BCUT2D eigenvalue weighted by Crippen LogP contribution is -2.03. The molecule has 0 saturated heterocycles. The van der Waals surface area contributed by atoms with Gasteiger partial charge in [0, 0.05) is 26.4 Å². The Hall–Kier alpha value is -0.200. The molecule has 0 bridgehead atoms. The molecule has 0 saturated carbocycles. The summed E-state index contributed by atoms with van der Waals surface area (Å²) in [6.07, 6.45) is 25.1. The van der Waals surface area contributed by atoms with E-state index in [4.69, 9.17) is 25.2 Å². The first kappa shape index (κ1) is 34.0. The van der Waals surface area contributed by atoms with Crippen LogP contribution in [0.25, 0.3) is 0 Å². The lowest BCUT2D eigenvalue weighted by atomic mass is 10.1. The van der Waals surface area contributed by atoms with E-state index in [1.807, 2.05) is 0 Å². The molecular formula is C27H58O5. The molecule has 1 atom stereocenters. The maximum atomic E-state index is 8.72. The molecule has 0 fully saturated rings. The molecule has 0 aromatic heterocycles. The number of hydrogen-bond donors (Lipinski definition) is 4. The molecular weight excluding hydrogens is 404 g/mol. The highest BCUT2D eigenvalue weighted by molar-refractivity contribution is 4.49. The highest BCUT2D eigenvalue weighted by Gasteiger charge is 1.95. The minimum Gasteiger partial charge on any atom is -0.396 e. The van der Waals surface area contributed by atoms with Crippen LogP contribution in [-0.4, -0.2) is 59.6 Å². The number of aliphatic hydroxyl groups excluding tert-OH is 4. The van der Waals surface area contributed by atoms with Crippen molar-refractivity contribution in [2.75, 3.05) is 33.0 Å². The zero-order valence-corrected chi connectivity index (χ0v) is 21.5. The number of ether oxygens (including phenoxy) is 1. The minimum absolute atomic E-state index is 0.139. The van der Waals surface area contributed by atoms with Gasteiger partial charge in [-0.05, 0) is 32.6 Å². The van der Waals surface area contributed by atoms with Crippen LogP contribution < -0.4 is 0 Å². The van der Waals surface area contributed by atoms with Gasteiger partial charge in [-0.2, -0.15) is 0 Å². The molecule has 196 valence electrons. The largest absolute Gasteiger partial charge is 0.396 e. The Morgan fingerprint density at radius 3 is 0.875 bits per heavy atom. The second-order valence-electron chi connectivity index (χ2n) is 9.16. The molecule has 0 spiro atoms. The third kappa shape index (κ3) is 37.1. The Balaban J connectivity index is 0. The Labute approximate surface area is 200 Å². The fraction of sp³-hybridized carbons (Fsp3) is 1.00. The predicted molar refractivity (Wildman–Crippen MR) is 136 cm³/mol. The minimum atomic E-state index is -0.560. The van der Waals surface area contributed by atoms with E-state index < -0.39 is 6.10 Å². The second-order valence-corrected chi connectivity index (χ2v) is 9.16. The molecule has 4 N–H and O–H groups in total. The van der Waals surface area contributed by atoms with Gasteiger partial charge in [-0.25, -0.2) is 0 Å². The van der Waals surface area contributed by atoms with E-state index in [1.54, 1.807) is 0 Å². The third-order valence-electron chi connectivity index (χ3n) is 5.66. The summed E-state index contributed by atoms with van der Waals surface area (Å²) >= 11 is 0. The molecule has 0 amide bonds. The highest BCUT2D eigenvalue weighted by Crippen LogP contribution is 2.12. The molecule has 0 radical (unpaired) electrons. The van der Waals surface area contributed by atoms with Crippen molar-refractivity contribution < 1.29 is 25.2 Å². The van der Waals surface area contributed by atoms with Crippen molar-refractivity contribution >= 4 is 0 Å². The fourth-order valence-electron chi connectivity index (χ4n) is 3.56. The molecule has 0 aliphatic rings. The first-order valence-corrected chi connectivity index (χ1v) is 13.8. The predicted octanol–water partition coefficient (Wildman–Crippen LogP) is 6.15. The van der Waals surface area contributed by atoms with Crippen LogP contribution in [0, 0.1) is 0 Å². The van der Waals surface area contributed by atoms with Gasteiger partial charge < -0.3 is 25.2 Å². The van der Waals surface area contributed by atoms with Crippen molar-refractivity contribution in [1.29, 1.82) is 0 Å². The van der Waals surface area contributed by atoms with Gasteiger partial charge in [-0.3, -0.25) is 0 Å². The van der Waals surface area contributed by atoms with Crippen LogP contribution in [0.3, 0.4) is 0 Å². The smallest absolute Gasteiger partial charge is 0.0742 e. The lowest BCUT2D eigenvalue weighted by molar-refractivity contribution is 0.110. The number of hydrogen-bond acceptors (Lipinski definition) is 5. The lowest BCUT2D eigenvalue weighted by Gasteiger charge is -2.05. The summed E-state index contributed by atoms with van der Waals surface area (Å²) in [5.74, 6) is 0. The average molecular weight is 463 g/mol. The molecule has 0 heterocycles. The van der Waals surface area contributed by atoms with Crippen LogP contribution in [0.15, 0.2) is 0 Å². The van der Waals surface area contributed by atoms with Gasteiger partial charge in [0.15, 0.2) is 0 Å². The Kier molecular flexibility index (Phi) is 35.0. The van der Waals surface area contributed by atoms with Crippen molar-refractivity contribution in [2.24, 2.45) is 0 Å². The van der Waals surface area contributed by atoms with Crippen LogP contribution >= 0.6 is 0 Å². The summed E-state index contributed by atoms with van der Waals surface area (Å²) in [4.78, 5) is 0. The van der Waals surface area contributed by atoms with Gasteiger partial charge in [0.2, 0.25) is 0 Å². The molecule has 0 rings (SSSR count). The van der Waals surface area contributed by atoms with E-state index in [1.165, 1.54) is 122 Å². The SMILES string of the molecule is CC(O)CO.OCCCCCCCCCCCCOCCCCCCCCCCCCO. The summed E-state index contributed by atoms with van der Waals surface area (Å²) in [7, 11) is 0. The first-order chi connectivity index (χ1) is 15.7. The van der Waals surface area contributed by atoms with Gasteiger partial charge in [0.05, 0.1) is 12.7 Å². The van der Waals surface area contributed by atoms with Crippen molar-refractivity contribution in [3.05, 3.63) is 0 Å². The molecule has 0 aromatic carbocycles. The van der Waals surface area contributed by atoms with Crippen LogP contribution in [0.2, 0.25) is 0 Å². The zero-order chi connectivity index (χ0) is 24.0. The summed E-state index contributed by atoms with van der Waals surface area (Å²) in [5.41, 5.74) is 0. The summed E-state index contributed by atoms with van der Waals surface area (Å²) in [5, 5.41) is 33.4. The molecule has 0 aliphatic carbocycles. The summed E-state index contributed by atoms with van der Waals surface area (Å²) in [6.45, 7) is 4.01. The van der Waals surface area contributed by atoms with Crippen molar-refractivity contribution in [2.45, 2.75) is 141 Å². The molecule has 0 aliphatic heterocycles. The topological polar surface area (TPSA) is 90.2 Å². The Morgan fingerprint density at radius 2 is 0.656 bits per heavy atom. The van der Waals surface area contributed by atoms with Gasteiger partial charge in [0.25, 0.3) is 0 Å². The van der Waals surface area contributed by atoms with Gasteiger partial charge >= 0.3 is 0 Å². The zero-order valence-electron chi connectivity index (χ0n) is 21.5. The highest BCUT2D eigenvalue weighted by atomic mass is 16.5. The first-order valence-electron chi connectivity index (χ1n) is 13.8. The van der Waals surface area contributed by atoms with Crippen LogP contribution in [0.4, 0.5) is 0 Å². The fourth-order valence-corrected chi connectivity index (χ4v) is 3.56. The molecule has 5 heteroatoms. The third-order valence-corrected chi connectivity index (χ3v) is 5.66. The van der Waals surface area contributed by atoms with E-state index in [0.29, 0.717) is 13.2 Å². The van der Waals surface area contributed by atoms with E-state index in [0.717, 1.165) is 26.1 Å². The second kappa shape index (κ2) is 33.0. The standard InChI is InChI=1S/C24H50O3.C3H8O2/c25-21-17-13-9-5-1-3-7-11-15-19-23-27-24-20-16-12-8-4-2-6-10-14-18-22-26;1-3(5)2-4/h25-26H,1-24H2;3-5H,2H2,1H3. The van der Waals surface area contributed by atoms with Gasteiger partial charge in [-0.15, -0.1) is 0 Å². The summed E-state index contributed by atoms with van der Waals surface area (Å²) in [6, 6.07) is 0. The molecule has 1 unspecified atom stereocenters. The van der Waals surface area contributed by atoms with Crippen LogP contribution in [-0.2, 0) is 4.74 Å². The Morgan fingerprint density at radius 1 is 0.438 bits per heavy atom. The van der Waals surface area contributed by atoms with Crippen molar-refractivity contribution in [1.82, 2.24) is 0 Å². The molecule has 0 aromatic rings. The van der Waals surface area contributed by atoms with E-state index in [9.17, 15) is 0 Å². The maximum Gasteiger partial charge on any atom is 0.0742 e. The van der Waals surface area contributed by atoms with E-state index >= 15 is 0 Å². The van der Waals surface area contributed by atoms with Crippen LogP contribution in [0.1, 0.15) is 135 Å². The van der Waals surface area contributed by atoms with Gasteiger partial charge in [0.1, 0.15) is 0 Å². The Bertz CT molecular complexity index is 276. The van der Waals surface area contributed by atoms with Crippen LogP contribution in [0.5, 0.6) is 0 Å².